The van der Waals surface area contributed by atoms with Gasteiger partial charge in [-0.15, -0.1) is 0 Å². The lowest BCUT2D eigenvalue weighted by molar-refractivity contribution is 0.415. The van der Waals surface area contributed by atoms with Crippen molar-refractivity contribution in [1.29, 1.82) is 0 Å². The average molecular weight is 298 g/mol. The first-order valence-electron chi connectivity index (χ1n) is 7.40. The molecule has 0 atom stereocenters. The van der Waals surface area contributed by atoms with E-state index in [1.54, 1.807) is 13.2 Å². The van der Waals surface area contributed by atoms with E-state index in [0.717, 1.165) is 41.1 Å². The molecule has 0 amide bonds. The van der Waals surface area contributed by atoms with Crippen molar-refractivity contribution >= 4 is 11.4 Å². The van der Waals surface area contributed by atoms with E-state index in [9.17, 15) is 5.11 Å². The summed E-state index contributed by atoms with van der Waals surface area (Å²) in [5.74, 6) is 1.13. The highest BCUT2D eigenvalue weighted by molar-refractivity contribution is 6.01. The summed E-state index contributed by atoms with van der Waals surface area (Å²) in [5.41, 5.74) is 6.84. The van der Waals surface area contributed by atoms with Gasteiger partial charge in [0.25, 0.3) is 0 Å². The maximum absolute atomic E-state index is 9.65. The summed E-state index contributed by atoms with van der Waals surface area (Å²) < 4.78 is 5.14. The molecule has 22 heavy (non-hydrogen) atoms. The molecule has 4 heteroatoms. The van der Waals surface area contributed by atoms with Crippen molar-refractivity contribution in [3.63, 3.8) is 0 Å². The van der Waals surface area contributed by atoms with Gasteiger partial charge >= 0.3 is 0 Å². The number of hydrogen-bond donors (Lipinski definition) is 2. The van der Waals surface area contributed by atoms with Crippen LogP contribution in [0, 0.1) is 6.92 Å². The zero-order valence-electron chi connectivity index (χ0n) is 13.3. The van der Waals surface area contributed by atoms with Crippen LogP contribution in [-0.4, -0.2) is 17.9 Å². The predicted octanol–water partition coefficient (Wildman–Crippen LogP) is 4.33. The lowest BCUT2D eigenvalue weighted by Crippen LogP contribution is -2.04. The fourth-order valence-electron chi connectivity index (χ4n) is 2.13. The number of rotatable bonds is 6. The van der Waals surface area contributed by atoms with Crippen molar-refractivity contribution in [1.82, 2.24) is 0 Å². The van der Waals surface area contributed by atoms with Gasteiger partial charge in [-0.05, 0) is 66.9 Å². The third-order valence-corrected chi connectivity index (χ3v) is 3.43. The van der Waals surface area contributed by atoms with Gasteiger partial charge in [-0.3, -0.25) is 5.43 Å². The minimum Gasteiger partial charge on any atom is -0.508 e. The topological polar surface area (TPSA) is 53.9 Å². The van der Waals surface area contributed by atoms with Crippen LogP contribution in [0.25, 0.3) is 0 Å². The Kier molecular flexibility index (Phi) is 5.42. The van der Waals surface area contributed by atoms with Gasteiger partial charge in [0.1, 0.15) is 11.5 Å². The Hall–Kier alpha value is -2.49. The maximum atomic E-state index is 9.65. The molecule has 2 N–H and O–H groups in total. The van der Waals surface area contributed by atoms with Crippen LogP contribution < -0.4 is 10.2 Å². The third-order valence-electron chi connectivity index (χ3n) is 3.43. The molecule has 0 radical (unpaired) electrons. The molecule has 0 aromatic heterocycles. The first kappa shape index (κ1) is 15.9. The first-order valence-corrected chi connectivity index (χ1v) is 7.40. The largest absolute Gasteiger partial charge is 0.508 e. The number of methoxy groups -OCH3 is 1. The number of hydrazone groups is 1. The lowest BCUT2D eigenvalue weighted by atomic mass is 10.0. The summed E-state index contributed by atoms with van der Waals surface area (Å²) in [5, 5.41) is 14.2. The van der Waals surface area contributed by atoms with E-state index in [1.165, 1.54) is 0 Å². The molecule has 0 bridgehead atoms. The maximum Gasteiger partial charge on any atom is 0.119 e. The molecule has 2 aromatic carbocycles. The Morgan fingerprint density at radius 2 is 1.91 bits per heavy atom. The fourth-order valence-corrected chi connectivity index (χ4v) is 2.13. The average Bonchev–Trinajstić information content (AvgIpc) is 2.54. The Balaban J connectivity index is 2.20. The van der Waals surface area contributed by atoms with Crippen LogP contribution in [-0.2, 0) is 0 Å². The monoisotopic (exact) mass is 298 g/mol. The number of nitrogens with one attached hydrogen (secondary N) is 1. The zero-order chi connectivity index (χ0) is 15.9. The summed E-state index contributed by atoms with van der Waals surface area (Å²) in [6.45, 7) is 4.01. The van der Waals surface area contributed by atoms with Crippen molar-refractivity contribution in [2.45, 2.75) is 26.7 Å². The van der Waals surface area contributed by atoms with Crippen LogP contribution in [0.2, 0.25) is 0 Å². The van der Waals surface area contributed by atoms with Gasteiger partial charge in [0.15, 0.2) is 0 Å². The second kappa shape index (κ2) is 7.50. The minimum atomic E-state index is 0.308. The first-order chi connectivity index (χ1) is 10.6. The Bertz CT molecular complexity index is 649. The zero-order valence-corrected chi connectivity index (χ0v) is 13.3. The third kappa shape index (κ3) is 4.01. The van der Waals surface area contributed by atoms with Crippen LogP contribution in [0.3, 0.4) is 0 Å². The number of aryl methyl sites for hydroxylation is 1. The lowest BCUT2D eigenvalue weighted by Gasteiger charge is -2.09. The van der Waals surface area contributed by atoms with Crippen molar-refractivity contribution in [2.24, 2.45) is 5.10 Å². The summed E-state index contributed by atoms with van der Waals surface area (Å²) >= 11 is 0. The van der Waals surface area contributed by atoms with E-state index < -0.39 is 0 Å². The van der Waals surface area contributed by atoms with E-state index in [-0.39, 0.29) is 0 Å². The molecule has 0 spiro atoms. The van der Waals surface area contributed by atoms with Gasteiger partial charge in [-0.1, -0.05) is 13.3 Å². The molecule has 0 saturated carbocycles. The van der Waals surface area contributed by atoms with Crippen LogP contribution >= 0.6 is 0 Å². The van der Waals surface area contributed by atoms with E-state index in [1.807, 2.05) is 43.3 Å². The van der Waals surface area contributed by atoms with Crippen molar-refractivity contribution in [2.75, 3.05) is 12.5 Å². The number of nitrogens with zero attached hydrogens (tertiary/aromatic N) is 1. The highest BCUT2D eigenvalue weighted by Gasteiger charge is 2.05. The summed E-state index contributed by atoms with van der Waals surface area (Å²) in [4.78, 5) is 0. The minimum absolute atomic E-state index is 0.308. The number of hydrogen-bond acceptors (Lipinski definition) is 4. The molecule has 0 aliphatic carbocycles. The van der Waals surface area contributed by atoms with Crippen LogP contribution in [0.5, 0.6) is 11.5 Å². The number of benzene rings is 2. The molecular formula is C18H22N2O2. The van der Waals surface area contributed by atoms with E-state index in [4.69, 9.17) is 4.74 Å². The van der Waals surface area contributed by atoms with E-state index in [0.29, 0.717) is 5.75 Å². The Morgan fingerprint density at radius 1 is 1.18 bits per heavy atom. The number of anilines is 1. The van der Waals surface area contributed by atoms with Crippen molar-refractivity contribution in [3.05, 3.63) is 53.6 Å². The highest BCUT2D eigenvalue weighted by atomic mass is 16.5. The smallest absolute Gasteiger partial charge is 0.119 e. The fraction of sp³-hybridized carbons (Fsp3) is 0.278. The second-order valence-corrected chi connectivity index (χ2v) is 5.15. The molecule has 0 aliphatic heterocycles. The summed E-state index contributed by atoms with van der Waals surface area (Å²) in [6.07, 6.45) is 1.87. The second-order valence-electron chi connectivity index (χ2n) is 5.15. The molecule has 116 valence electrons. The molecule has 0 fully saturated rings. The number of ether oxygens (including phenoxy) is 1. The number of aromatic hydroxyl groups is 1. The quantitative estimate of drug-likeness (QED) is 0.616. The van der Waals surface area contributed by atoms with Gasteiger partial charge in [0.2, 0.25) is 0 Å². The SMILES string of the molecule is CCCC(=NNc1ccc(OC)cc1)c1ccc(O)c(C)c1. The molecule has 0 unspecified atom stereocenters. The van der Waals surface area contributed by atoms with Gasteiger partial charge < -0.3 is 9.84 Å². The van der Waals surface area contributed by atoms with Gasteiger partial charge in [-0.25, -0.2) is 0 Å². The predicted molar refractivity (Wildman–Crippen MR) is 90.9 cm³/mol. The molecular weight excluding hydrogens is 276 g/mol. The van der Waals surface area contributed by atoms with Crippen LogP contribution in [0.1, 0.15) is 30.9 Å². The summed E-state index contributed by atoms with van der Waals surface area (Å²) in [6, 6.07) is 13.2. The van der Waals surface area contributed by atoms with E-state index in [2.05, 4.69) is 17.5 Å². The Labute approximate surface area is 131 Å². The van der Waals surface area contributed by atoms with Crippen molar-refractivity contribution < 1.29 is 9.84 Å². The molecule has 0 heterocycles. The standard InChI is InChI=1S/C18H22N2O2/c1-4-5-17(14-6-11-18(21)13(2)12-14)20-19-15-7-9-16(22-3)10-8-15/h6-12,19,21H,4-5H2,1-3H3. The molecule has 0 aliphatic rings. The summed E-state index contributed by atoms with van der Waals surface area (Å²) in [7, 11) is 1.65. The van der Waals surface area contributed by atoms with Crippen LogP contribution in [0.15, 0.2) is 47.6 Å². The number of phenols is 1. The molecule has 2 rings (SSSR count). The highest BCUT2D eigenvalue weighted by Crippen LogP contribution is 2.20. The normalized spacial score (nSPS) is 11.3. The van der Waals surface area contributed by atoms with Gasteiger partial charge in [0.05, 0.1) is 18.5 Å². The van der Waals surface area contributed by atoms with Crippen LogP contribution in [0.4, 0.5) is 5.69 Å². The molecule has 4 nitrogen and oxygen atoms in total. The molecule has 0 saturated heterocycles. The van der Waals surface area contributed by atoms with Gasteiger partial charge in [0, 0.05) is 0 Å². The van der Waals surface area contributed by atoms with Crippen molar-refractivity contribution in [3.8, 4) is 11.5 Å². The van der Waals surface area contributed by atoms with Gasteiger partial charge in [-0.2, -0.15) is 5.10 Å². The number of phenolic OH excluding ortho intramolecular Hbond substituents is 1. The van der Waals surface area contributed by atoms with E-state index >= 15 is 0 Å². The Morgan fingerprint density at radius 3 is 2.50 bits per heavy atom. The molecule has 2 aromatic rings.